The molecular weight excluding hydrogens is 330 g/mol. The van der Waals surface area contributed by atoms with Crippen LogP contribution in [-0.4, -0.2) is 31.0 Å². The number of aromatic nitrogens is 4. The van der Waals surface area contributed by atoms with Crippen LogP contribution in [0.3, 0.4) is 0 Å². The van der Waals surface area contributed by atoms with Crippen LogP contribution in [-0.2, 0) is 11.2 Å². The molecule has 0 aliphatic carbocycles. The fraction of sp³-hybridized carbons (Fsp3) is 0.158. The molecule has 0 spiro atoms. The molecule has 4 aromatic rings. The Morgan fingerprint density at radius 1 is 1.12 bits per heavy atom. The second-order valence-electron chi connectivity index (χ2n) is 5.37. The van der Waals surface area contributed by atoms with Gasteiger partial charge in [0.1, 0.15) is 11.8 Å². The highest BCUT2D eigenvalue weighted by atomic mass is 16.4. The predicted octanol–water partition coefficient (Wildman–Crippen LogP) is 3.43. The van der Waals surface area contributed by atoms with E-state index in [9.17, 15) is 0 Å². The van der Waals surface area contributed by atoms with Gasteiger partial charge in [0.2, 0.25) is 0 Å². The zero-order valence-electron chi connectivity index (χ0n) is 14.7. The number of carboxylic acid groups (broad SMARTS) is 1. The molecule has 0 fully saturated rings. The van der Waals surface area contributed by atoms with Crippen LogP contribution < -0.4 is 5.73 Å². The van der Waals surface area contributed by atoms with Crippen LogP contribution in [0.15, 0.2) is 55.1 Å². The molecule has 0 saturated heterocycles. The van der Waals surface area contributed by atoms with Gasteiger partial charge in [-0.3, -0.25) is 4.79 Å². The van der Waals surface area contributed by atoms with E-state index >= 15 is 0 Å². The molecule has 2 heterocycles. The summed E-state index contributed by atoms with van der Waals surface area (Å²) in [5.41, 5.74) is 8.22. The zero-order chi connectivity index (χ0) is 18.9. The lowest BCUT2D eigenvalue weighted by Gasteiger charge is -2.02. The molecule has 0 bridgehead atoms. The van der Waals surface area contributed by atoms with Crippen molar-refractivity contribution in [3.8, 4) is 0 Å². The minimum Gasteiger partial charge on any atom is -0.481 e. The van der Waals surface area contributed by atoms with Gasteiger partial charge >= 0.3 is 0 Å². The molecule has 4 rings (SSSR count). The number of imidazole rings is 1. The highest BCUT2D eigenvalue weighted by molar-refractivity contribution is 5.85. The maximum atomic E-state index is 9.00. The van der Waals surface area contributed by atoms with E-state index in [0.29, 0.717) is 17.0 Å². The van der Waals surface area contributed by atoms with Gasteiger partial charge in [-0.1, -0.05) is 49.4 Å². The van der Waals surface area contributed by atoms with Crippen LogP contribution in [0.2, 0.25) is 0 Å². The van der Waals surface area contributed by atoms with Gasteiger partial charge < -0.3 is 15.8 Å². The van der Waals surface area contributed by atoms with Crippen molar-refractivity contribution in [3.05, 3.63) is 60.7 Å². The van der Waals surface area contributed by atoms with Gasteiger partial charge in [-0.2, -0.15) is 0 Å². The number of aryl methyl sites for hydroxylation is 1. The summed E-state index contributed by atoms with van der Waals surface area (Å²) >= 11 is 0. The van der Waals surface area contributed by atoms with Crippen molar-refractivity contribution < 1.29 is 9.90 Å². The van der Waals surface area contributed by atoms with Crippen molar-refractivity contribution in [2.75, 3.05) is 5.73 Å². The molecular formula is C19H21N5O2. The number of carbonyl (C=O) groups is 1. The summed E-state index contributed by atoms with van der Waals surface area (Å²) < 4.78 is 0. The summed E-state index contributed by atoms with van der Waals surface area (Å²) in [4.78, 5) is 23.4. The number of aromatic amines is 1. The van der Waals surface area contributed by atoms with Gasteiger partial charge in [0.25, 0.3) is 5.97 Å². The van der Waals surface area contributed by atoms with Crippen LogP contribution in [0, 0.1) is 0 Å². The van der Waals surface area contributed by atoms with E-state index in [-0.39, 0.29) is 0 Å². The van der Waals surface area contributed by atoms with E-state index in [2.05, 4.69) is 69.3 Å². The number of benzene rings is 2. The van der Waals surface area contributed by atoms with Crippen LogP contribution >= 0.6 is 0 Å². The lowest BCUT2D eigenvalue weighted by Crippen LogP contribution is -1.91. The number of anilines is 1. The summed E-state index contributed by atoms with van der Waals surface area (Å²) in [7, 11) is 0. The number of nitrogens with two attached hydrogens (primary N) is 1. The third-order valence-corrected chi connectivity index (χ3v) is 3.51. The topological polar surface area (TPSA) is 118 Å². The molecule has 2 aromatic heterocycles. The van der Waals surface area contributed by atoms with Crippen LogP contribution in [0.4, 0.5) is 5.82 Å². The fourth-order valence-corrected chi connectivity index (χ4v) is 2.38. The number of rotatable bonds is 1. The van der Waals surface area contributed by atoms with Crippen LogP contribution in [0.25, 0.3) is 21.9 Å². The van der Waals surface area contributed by atoms with Gasteiger partial charge in [0, 0.05) is 6.92 Å². The summed E-state index contributed by atoms with van der Waals surface area (Å²) in [5.74, 6) is -0.400. The van der Waals surface area contributed by atoms with Crippen molar-refractivity contribution in [1.82, 2.24) is 19.9 Å². The largest absolute Gasteiger partial charge is 0.481 e. The number of nitrogens with one attached hydrogen (secondary N) is 1. The number of aliphatic carboxylic acids is 1. The van der Waals surface area contributed by atoms with Gasteiger partial charge in [-0.05, 0) is 22.8 Å². The summed E-state index contributed by atoms with van der Waals surface area (Å²) in [6.07, 6.45) is 4.04. The molecule has 4 N–H and O–H groups in total. The molecule has 0 aliphatic rings. The van der Waals surface area contributed by atoms with Gasteiger partial charge in [-0.15, -0.1) is 0 Å². The summed E-state index contributed by atoms with van der Waals surface area (Å²) in [6.45, 7) is 3.28. The Balaban J connectivity index is 0.000000158. The SMILES string of the molecule is CC(=O)O.CCc1cccc2ccccc12.Nc1ncnc2nc[nH]c12. The highest BCUT2D eigenvalue weighted by Crippen LogP contribution is 2.18. The second-order valence-corrected chi connectivity index (χ2v) is 5.37. The smallest absolute Gasteiger partial charge is 0.300 e. The van der Waals surface area contributed by atoms with E-state index in [1.54, 1.807) is 0 Å². The van der Waals surface area contributed by atoms with Crippen molar-refractivity contribution in [2.24, 2.45) is 0 Å². The first-order valence-electron chi connectivity index (χ1n) is 8.08. The number of nitrogens with zero attached hydrogens (tertiary/aromatic N) is 3. The normalized spacial score (nSPS) is 9.77. The average molecular weight is 351 g/mol. The van der Waals surface area contributed by atoms with E-state index in [1.165, 1.54) is 29.0 Å². The van der Waals surface area contributed by atoms with E-state index in [1.807, 2.05) is 0 Å². The Morgan fingerprint density at radius 3 is 2.50 bits per heavy atom. The molecule has 0 aliphatic heterocycles. The monoisotopic (exact) mass is 351 g/mol. The van der Waals surface area contributed by atoms with Gasteiger partial charge in [-0.25, -0.2) is 15.0 Å². The zero-order valence-corrected chi connectivity index (χ0v) is 14.7. The minimum atomic E-state index is -0.833. The third-order valence-electron chi connectivity index (χ3n) is 3.51. The standard InChI is InChI=1S/C12H12.C5H5N5.C2H4O2/c1-2-10-7-5-8-11-6-3-4-9-12(10)11;6-4-3-5(9-1-7-3)10-2-8-4;1-2(3)4/h3-9H,2H2,1H3;1-2H,(H3,6,7,8,9,10);1H3,(H,3,4). The third kappa shape index (κ3) is 5.01. The van der Waals surface area contributed by atoms with Crippen molar-refractivity contribution >= 4 is 33.7 Å². The fourth-order valence-electron chi connectivity index (χ4n) is 2.38. The van der Waals surface area contributed by atoms with Crippen molar-refractivity contribution in [2.45, 2.75) is 20.3 Å². The first-order chi connectivity index (χ1) is 12.5. The summed E-state index contributed by atoms with van der Waals surface area (Å²) in [5, 5.41) is 10.2. The van der Waals surface area contributed by atoms with Crippen molar-refractivity contribution in [1.29, 1.82) is 0 Å². The first kappa shape index (κ1) is 18.9. The quantitative estimate of drug-likeness (QED) is 0.483. The number of H-pyrrole nitrogens is 1. The first-order valence-corrected chi connectivity index (χ1v) is 8.08. The second kappa shape index (κ2) is 9.12. The predicted molar refractivity (Wildman–Crippen MR) is 103 cm³/mol. The minimum absolute atomic E-state index is 0.433. The molecule has 7 nitrogen and oxygen atoms in total. The number of nitrogen functional groups attached to an aromatic ring is 1. The van der Waals surface area contributed by atoms with Crippen LogP contribution in [0.1, 0.15) is 19.4 Å². The molecule has 26 heavy (non-hydrogen) atoms. The van der Waals surface area contributed by atoms with Crippen LogP contribution in [0.5, 0.6) is 0 Å². The number of hydrogen-bond acceptors (Lipinski definition) is 5. The van der Waals surface area contributed by atoms with Gasteiger partial charge in [0.15, 0.2) is 11.5 Å². The average Bonchev–Trinajstić information content (AvgIpc) is 3.11. The Kier molecular flexibility index (Phi) is 6.61. The van der Waals surface area contributed by atoms with E-state index < -0.39 is 5.97 Å². The Morgan fingerprint density at radius 2 is 1.81 bits per heavy atom. The Bertz CT molecular complexity index is 988. The summed E-state index contributed by atoms with van der Waals surface area (Å²) in [6, 6.07) is 15.0. The number of fused-ring (bicyclic) bond motifs is 2. The van der Waals surface area contributed by atoms with Gasteiger partial charge in [0.05, 0.1) is 6.33 Å². The lowest BCUT2D eigenvalue weighted by molar-refractivity contribution is -0.134. The molecule has 0 saturated carbocycles. The number of carboxylic acids is 1. The maximum absolute atomic E-state index is 9.00. The number of hydrogen-bond donors (Lipinski definition) is 3. The molecule has 134 valence electrons. The highest BCUT2D eigenvalue weighted by Gasteiger charge is 1.99. The van der Waals surface area contributed by atoms with E-state index in [4.69, 9.17) is 15.6 Å². The Labute approximate surface area is 150 Å². The van der Waals surface area contributed by atoms with E-state index in [0.717, 1.165) is 13.3 Å². The van der Waals surface area contributed by atoms with Crippen molar-refractivity contribution in [3.63, 3.8) is 0 Å². The molecule has 0 atom stereocenters. The lowest BCUT2D eigenvalue weighted by atomic mass is 10.0. The molecule has 7 heteroatoms. The molecule has 2 aromatic carbocycles. The molecule has 0 radical (unpaired) electrons. The maximum Gasteiger partial charge on any atom is 0.300 e. The molecule has 0 unspecified atom stereocenters. The Hall–Kier alpha value is -3.48. The molecule has 0 amide bonds.